The number of hydrogen-bond acceptors (Lipinski definition) is 4. The number of carbonyl (C=O) groups excluding carboxylic acids is 1. The zero-order valence-electron chi connectivity index (χ0n) is 16.2. The van der Waals surface area contributed by atoms with Crippen molar-refractivity contribution in [3.05, 3.63) is 65.2 Å². The summed E-state index contributed by atoms with van der Waals surface area (Å²) in [6, 6.07) is 14.1. The highest BCUT2D eigenvalue weighted by Crippen LogP contribution is 2.21. The van der Waals surface area contributed by atoms with E-state index >= 15 is 0 Å². The van der Waals surface area contributed by atoms with Crippen LogP contribution in [0.4, 0.5) is 0 Å². The summed E-state index contributed by atoms with van der Waals surface area (Å²) in [5.74, 6) is -0.424. The number of carbonyl (C=O) groups is 1. The Labute approximate surface area is 166 Å². The molecule has 0 fully saturated rings. The molecule has 0 saturated carbocycles. The second kappa shape index (κ2) is 8.67. The Balaban J connectivity index is 1.81. The van der Waals surface area contributed by atoms with E-state index in [1.54, 1.807) is 26.0 Å². The van der Waals surface area contributed by atoms with Gasteiger partial charge in [0.05, 0.1) is 10.6 Å². The average molecular weight is 400 g/mol. The Hall–Kier alpha value is -2.51. The Kier molecular flexibility index (Phi) is 6.26. The van der Waals surface area contributed by atoms with Crippen molar-refractivity contribution in [1.29, 1.82) is 0 Å². The smallest absolute Gasteiger partial charge is 0.267 e. The van der Waals surface area contributed by atoms with Crippen LogP contribution in [0.1, 0.15) is 48.2 Å². The third-order valence-corrected chi connectivity index (χ3v) is 6.97. The van der Waals surface area contributed by atoms with Gasteiger partial charge in [-0.15, -0.1) is 0 Å². The molecule has 0 saturated heterocycles. The van der Waals surface area contributed by atoms with Gasteiger partial charge in [0.2, 0.25) is 10.0 Å². The molecule has 0 aliphatic heterocycles. The molecule has 28 heavy (non-hydrogen) atoms. The maximum Gasteiger partial charge on any atom is 0.271 e. The molecular weight excluding hydrogens is 374 g/mol. The van der Waals surface area contributed by atoms with Gasteiger partial charge in [0.15, 0.2) is 0 Å². The number of rotatable bonds is 6. The van der Waals surface area contributed by atoms with Gasteiger partial charge in [-0.25, -0.2) is 13.8 Å². The van der Waals surface area contributed by atoms with Crippen LogP contribution in [0, 0.1) is 0 Å². The summed E-state index contributed by atoms with van der Waals surface area (Å²) in [5, 5.41) is 4.32. The van der Waals surface area contributed by atoms with Crippen LogP contribution in [-0.4, -0.2) is 37.4 Å². The molecule has 0 unspecified atom stereocenters. The van der Waals surface area contributed by atoms with Crippen LogP contribution in [0.5, 0.6) is 0 Å². The van der Waals surface area contributed by atoms with Crippen LogP contribution in [0.3, 0.4) is 0 Å². The van der Waals surface area contributed by atoms with E-state index in [2.05, 4.69) is 16.6 Å². The Morgan fingerprint density at radius 1 is 1.07 bits per heavy atom. The van der Waals surface area contributed by atoms with Crippen LogP contribution < -0.4 is 5.43 Å². The van der Waals surface area contributed by atoms with Gasteiger partial charge < -0.3 is 0 Å². The van der Waals surface area contributed by atoms with Crippen molar-refractivity contribution in [3.8, 4) is 0 Å². The van der Waals surface area contributed by atoms with E-state index in [0.29, 0.717) is 13.1 Å². The van der Waals surface area contributed by atoms with Crippen molar-refractivity contribution >= 4 is 21.6 Å². The minimum atomic E-state index is -3.62. The molecule has 0 radical (unpaired) electrons. The molecular formula is C21H25N3O3S. The highest BCUT2D eigenvalue weighted by Gasteiger charge is 2.22. The molecule has 0 spiro atoms. The standard InChI is InChI=1S/C21H25N3O3S/c1-3-24(4-2)28(26,27)18-12-7-11-17(15-18)21(25)23-22-20-14-8-10-16-9-5-6-13-19(16)20/h5-7,9,11-13,15H,3-4,8,10,14H2,1-2H3,(H,23,25)/b22-20-. The first kappa shape index (κ1) is 20.2. The number of aryl methyl sites for hydroxylation is 1. The second-order valence-corrected chi connectivity index (χ2v) is 8.57. The number of nitrogens with zero attached hydrogens (tertiary/aromatic N) is 2. The lowest BCUT2D eigenvalue weighted by molar-refractivity contribution is 0.0954. The summed E-state index contributed by atoms with van der Waals surface area (Å²) in [6.45, 7) is 4.33. The fraction of sp³-hybridized carbons (Fsp3) is 0.333. The van der Waals surface area contributed by atoms with Crippen molar-refractivity contribution in [1.82, 2.24) is 9.73 Å². The van der Waals surface area contributed by atoms with Gasteiger partial charge >= 0.3 is 0 Å². The van der Waals surface area contributed by atoms with Gasteiger partial charge in [-0.05, 0) is 43.0 Å². The van der Waals surface area contributed by atoms with Crippen molar-refractivity contribution in [2.45, 2.75) is 38.0 Å². The summed E-state index contributed by atoms with van der Waals surface area (Å²) in [6.07, 6.45) is 2.80. The van der Waals surface area contributed by atoms with E-state index < -0.39 is 15.9 Å². The van der Waals surface area contributed by atoms with E-state index in [-0.39, 0.29) is 10.5 Å². The molecule has 148 valence electrons. The van der Waals surface area contributed by atoms with Gasteiger partial charge in [0, 0.05) is 24.2 Å². The maximum atomic E-state index is 12.7. The number of sulfonamides is 1. The number of hydrazone groups is 1. The minimum Gasteiger partial charge on any atom is -0.267 e. The molecule has 1 aliphatic carbocycles. The number of hydrogen-bond donors (Lipinski definition) is 1. The average Bonchev–Trinajstić information content (AvgIpc) is 2.72. The normalized spacial score (nSPS) is 15.5. The van der Waals surface area contributed by atoms with Gasteiger partial charge in [0.25, 0.3) is 5.91 Å². The number of benzene rings is 2. The molecule has 6 nitrogen and oxygen atoms in total. The molecule has 0 atom stereocenters. The number of nitrogens with one attached hydrogen (secondary N) is 1. The van der Waals surface area contributed by atoms with Gasteiger partial charge in [-0.2, -0.15) is 9.41 Å². The predicted molar refractivity (Wildman–Crippen MR) is 110 cm³/mol. The lowest BCUT2D eigenvalue weighted by Gasteiger charge is -2.19. The summed E-state index contributed by atoms with van der Waals surface area (Å²) in [7, 11) is -3.62. The summed E-state index contributed by atoms with van der Waals surface area (Å²) >= 11 is 0. The molecule has 7 heteroatoms. The Bertz CT molecular complexity index is 995. The van der Waals surface area contributed by atoms with Crippen molar-refractivity contribution < 1.29 is 13.2 Å². The van der Waals surface area contributed by atoms with Crippen molar-refractivity contribution in [2.75, 3.05) is 13.1 Å². The topological polar surface area (TPSA) is 78.8 Å². The van der Waals surface area contributed by atoms with E-state index in [0.717, 1.165) is 30.5 Å². The first-order chi connectivity index (χ1) is 13.5. The molecule has 1 amide bonds. The van der Waals surface area contributed by atoms with Gasteiger partial charge in [0.1, 0.15) is 0 Å². The third-order valence-electron chi connectivity index (χ3n) is 4.92. The largest absolute Gasteiger partial charge is 0.271 e. The quantitative estimate of drug-likeness (QED) is 0.758. The van der Waals surface area contributed by atoms with Gasteiger partial charge in [-0.3, -0.25) is 4.79 Å². The predicted octanol–water partition coefficient (Wildman–Crippen LogP) is 3.19. The molecule has 3 rings (SSSR count). The first-order valence-electron chi connectivity index (χ1n) is 9.52. The fourth-order valence-electron chi connectivity index (χ4n) is 3.41. The summed E-state index contributed by atoms with van der Waals surface area (Å²) in [4.78, 5) is 12.7. The highest BCUT2D eigenvalue weighted by molar-refractivity contribution is 7.89. The molecule has 0 bridgehead atoms. The van der Waals surface area contributed by atoms with Gasteiger partial charge in [-0.1, -0.05) is 44.2 Å². The summed E-state index contributed by atoms with van der Waals surface area (Å²) in [5.41, 5.74) is 5.99. The van der Waals surface area contributed by atoms with Crippen LogP contribution in [0.15, 0.2) is 58.5 Å². The molecule has 0 aromatic heterocycles. The van der Waals surface area contributed by atoms with Crippen LogP contribution in [-0.2, 0) is 16.4 Å². The zero-order chi connectivity index (χ0) is 20.1. The Morgan fingerprint density at radius 3 is 2.57 bits per heavy atom. The maximum absolute atomic E-state index is 12.7. The van der Waals surface area contributed by atoms with Crippen LogP contribution in [0.2, 0.25) is 0 Å². The highest BCUT2D eigenvalue weighted by atomic mass is 32.2. The molecule has 2 aromatic carbocycles. The second-order valence-electron chi connectivity index (χ2n) is 6.63. The Morgan fingerprint density at radius 2 is 1.82 bits per heavy atom. The van der Waals surface area contributed by atoms with E-state index in [1.807, 2.05) is 18.2 Å². The monoisotopic (exact) mass is 399 g/mol. The number of fused-ring (bicyclic) bond motifs is 1. The first-order valence-corrected chi connectivity index (χ1v) is 11.0. The van der Waals surface area contributed by atoms with Crippen molar-refractivity contribution in [3.63, 3.8) is 0 Å². The molecule has 2 aromatic rings. The SMILES string of the molecule is CCN(CC)S(=O)(=O)c1cccc(C(=O)N/N=C2/CCCc3ccccc32)c1. The van der Waals surface area contributed by atoms with Crippen LogP contribution in [0.25, 0.3) is 0 Å². The summed E-state index contributed by atoms with van der Waals surface area (Å²) < 4.78 is 26.7. The lowest BCUT2D eigenvalue weighted by Crippen LogP contribution is -2.31. The van der Waals surface area contributed by atoms with Crippen molar-refractivity contribution in [2.24, 2.45) is 5.10 Å². The van der Waals surface area contributed by atoms with E-state index in [1.165, 1.54) is 22.0 Å². The van der Waals surface area contributed by atoms with E-state index in [4.69, 9.17) is 0 Å². The number of amides is 1. The molecule has 0 heterocycles. The van der Waals surface area contributed by atoms with E-state index in [9.17, 15) is 13.2 Å². The van der Waals surface area contributed by atoms with Crippen LogP contribution >= 0.6 is 0 Å². The minimum absolute atomic E-state index is 0.111. The zero-order valence-corrected chi connectivity index (χ0v) is 17.0. The fourth-order valence-corrected chi connectivity index (χ4v) is 4.91. The molecule has 1 N–H and O–H groups in total. The third kappa shape index (κ3) is 4.15. The lowest BCUT2D eigenvalue weighted by atomic mass is 9.90. The molecule has 1 aliphatic rings.